The molecule has 0 saturated carbocycles. The van der Waals surface area contributed by atoms with Gasteiger partial charge < -0.3 is 20.6 Å². The van der Waals surface area contributed by atoms with Gasteiger partial charge >= 0.3 is 5.69 Å². The van der Waals surface area contributed by atoms with E-state index in [1.54, 1.807) is 0 Å². The van der Waals surface area contributed by atoms with Crippen LogP contribution in [0.4, 0.5) is 5.69 Å². The lowest BCUT2D eigenvalue weighted by molar-refractivity contribution is 0.102. The van der Waals surface area contributed by atoms with Gasteiger partial charge in [-0.05, 0) is 36.2 Å². The third-order valence-electron chi connectivity index (χ3n) is 3.19. The molecule has 1 aliphatic heterocycles. The second kappa shape index (κ2) is 4.74. The zero-order chi connectivity index (χ0) is 13.2. The van der Waals surface area contributed by atoms with Crippen LogP contribution < -0.4 is 16.3 Å². The van der Waals surface area contributed by atoms with Crippen molar-refractivity contribution in [1.82, 2.24) is 15.3 Å². The minimum Gasteiger partial charge on any atom is -0.321 e. The Morgan fingerprint density at radius 3 is 2.95 bits per heavy atom. The van der Waals surface area contributed by atoms with Gasteiger partial charge in [-0.3, -0.25) is 4.79 Å². The predicted octanol–water partition coefficient (Wildman–Crippen LogP) is 0.601. The molecule has 6 heteroatoms. The average Bonchev–Trinajstić information content (AvgIpc) is 2.85. The molecule has 2 aromatic rings. The van der Waals surface area contributed by atoms with Crippen molar-refractivity contribution in [2.45, 2.75) is 13.0 Å². The number of aromatic nitrogens is 2. The van der Waals surface area contributed by atoms with E-state index in [1.807, 2.05) is 18.2 Å². The summed E-state index contributed by atoms with van der Waals surface area (Å²) in [5.74, 6) is -0.331. The van der Waals surface area contributed by atoms with Crippen LogP contribution in [0.25, 0.3) is 0 Å². The van der Waals surface area contributed by atoms with Crippen LogP contribution in [0.2, 0.25) is 0 Å². The number of carbonyl (C=O) groups is 1. The molecule has 6 nitrogen and oxygen atoms in total. The molecule has 0 spiro atoms. The Labute approximate surface area is 109 Å². The summed E-state index contributed by atoms with van der Waals surface area (Å²) in [6.07, 6.45) is 2.37. The number of nitrogens with one attached hydrogen (secondary N) is 4. The first-order valence-electron chi connectivity index (χ1n) is 6.14. The van der Waals surface area contributed by atoms with E-state index in [0.29, 0.717) is 0 Å². The van der Waals surface area contributed by atoms with E-state index in [4.69, 9.17) is 0 Å². The van der Waals surface area contributed by atoms with Crippen molar-refractivity contribution >= 4 is 11.6 Å². The molecule has 1 aromatic carbocycles. The van der Waals surface area contributed by atoms with Crippen molar-refractivity contribution in [1.29, 1.82) is 0 Å². The number of anilines is 1. The normalized spacial score (nSPS) is 13.9. The lowest BCUT2D eigenvalue weighted by atomic mass is 10.0. The van der Waals surface area contributed by atoms with Gasteiger partial charge in [-0.2, -0.15) is 0 Å². The first kappa shape index (κ1) is 11.7. The Bertz CT molecular complexity index is 671. The summed E-state index contributed by atoms with van der Waals surface area (Å²) in [6, 6.07) is 5.88. The highest BCUT2D eigenvalue weighted by Gasteiger charge is 2.12. The molecule has 2 heterocycles. The largest absolute Gasteiger partial charge is 0.323 e. The molecule has 1 aliphatic rings. The second-order valence-corrected chi connectivity index (χ2v) is 4.52. The van der Waals surface area contributed by atoms with Gasteiger partial charge in [0.1, 0.15) is 5.69 Å². The van der Waals surface area contributed by atoms with E-state index < -0.39 is 0 Å². The monoisotopic (exact) mass is 258 g/mol. The van der Waals surface area contributed by atoms with Crippen molar-refractivity contribution in [2.24, 2.45) is 0 Å². The lowest BCUT2D eigenvalue weighted by Gasteiger charge is -2.17. The van der Waals surface area contributed by atoms with Gasteiger partial charge in [0.2, 0.25) is 0 Å². The fraction of sp³-hybridized carbons (Fsp3) is 0.231. The standard InChI is InChI=1S/C13H14N4O2/c18-12(11-7-15-13(19)17-11)16-10-2-1-8-3-4-14-6-9(8)5-10/h1-2,5,7,14H,3-4,6H2,(H,16,18)(H2,15,17,19). The van der Waals surface area contributed by atoms with E-state index in [9.17, 15) is 9.59 Å². The average molecular weight is 258 g/mol. The number of hydrogen-bond acceptors (Lipinski definition) is 3. The highest BCUT2D eigenvalue weighted by atomic mass is 16.2. The summed E-state index contributed by atoms with van der Waals surface area (Å²) >= 11 is 0. The molecule has 0 bridgehead atoms. The number of benzene rings is 1. The molecule has 3 rings (SSSR count). The van der Waals surface area contributed by atoms with Crippen molar-refractivity contribution in [3.8, 4) is 0 Å². The molecular weight excluding hydrogens is 244 g/mol. The summed E-state index contributed by atoms with van der Waals surface area (Å²) in [5, 5.41) is 6.06. The second-order valence-electron chi connectivity index (χ2n) is 4.52. The number of fused-ring (bicyclic) bond motifs is 1. The molecule has 0 radical (unpaired) electrons. The quantitative estimate of drug-likeness (QED) is 0.636. The van der Waals surface area contributed by atoms with Gasteiger partial charge in [-0.15, -0.1) is 0 Å². The zero-order valence-electron chi connectivity index (χ0n) is 10.2. The summed E-state index contributed by atoms with van der Waals surface area (Å²) in [5.41, 5.74) is 3.08. The number of aromatic amines is 2. The highest BCUT2D eigenvalue weighted by molar-refractivity contribution is 6.02. The first-order chi connectivity index (χ1) is 9.22. The lowest BCUT2D eigenvalue weighted by Crippen LogP contribution is -2.23. The van der Waals surface area contributed by atoms with E-state index in [2.05, 4.69) is 20.6 Å². The molecular formula is C13H14N4O2. The fourth-order valence-corrected chi connectivity index (χ4v) is 2.21. The smallest absolute Gasteiger partial charge is 0.321 e. The Hall–Kier alpha value is -2.34. The third-order valence-corrected chi connectivity index (χ3v) is 3.19. The molecule has 1 amide bonds. The van der Waals surface area contributed by atoms with Gasteiger partial charge in [-0.25, -0.2) is 4.79 Å². The van der Waals surface area contributed by atoms with E-state index in [0.717, 1.165) is 25.2 Å². The van der Waals surface area contributed by atoms with Gasteiger partial charge in [-0.1, -0.05) is 6.07 Å². The zero-order valence-corrected chi connectivity index (χ0v) is 10.2. The van der Waals surface area contributed by atoms with E-state index >= 15 is 0 Å². The molecule has 0 atom stereocenters. The van der Waals surface area contributed by atoms with Crippen LogP contribution in [0.5, 0.6) is 0 Å². The summed E-state index contributed by atoms with van der Waals surface area (Å²) in [6.45, 7) is 1.81. The summed E-state index contributed by atoms with van der Waals surface area (Å²) in [7, 11) is 0. The van der Waals surface area contributed by atoms with Crippen molar-refractivity contribution in [3.63, 3.8) is 0 Å². The molecule has 4 N–H and O–H groups in total. The maximum atomic E-state index is 11.9. The molecule has 1 aromatic heterocycles. The van der Waals surface area contributed by atoms with E-state index in [-0.39, 0.29) is 17.3 Å². The van der Waals surface area contributed by atoms with Gasteiger partial charge in [0.15, 0.2) is 0 Å². The van der Waals surface area contributed by atoms with Crippen LogP contribution in [0.3, 0.4) is 0 Å². The molecule has 0 fully saturated rings. The molecule has 0 saturated heterocycles. The SMILES string of the molecule is O=C(Nc1ccc2c(c1)CNCC2)c1c[nH]c(=O)[nH]1. The van der Waals surface area contributed by atoms with Crippen LogP contribution >= 0.6 is 0 Å². The highest BCUT2D eigenvalue weighted by Crippen LogP contribution is 2.19. The van der Waals surface area contributed by atoms with Crippen LogP contribution in [-0.4, -0.2) is 22.4 Å². The predicted molar refractivity (Wildman–Crippen MR) is 71.2 cm³/mol. The topological polar surface area (TPSA) is 89.8 Å². The Kier molecular flexibility index (Phi) is 2.92. The van der Waals surface area contributed by atoms with Crippen molar-refractivity contribution < 1.29 is 4.79 Å². The maximum Gasteiger partial charge on any atom is 0.323 e. The van der Waals surface area contributed by atoms with Crippen LogP contribution in [-0.2, 0) is 13.0 Å². The van der Waals surface area contributed by atoms with Crippen LogP contribution in [0.15, 0.2) is 29.2 Å². The number of H-pyrrole nitrogens is 2. The van der Waals surface area contributed by atoms with Gasteiger partial charge in [0, 0.05) is 18.4 Å². The van der Waals surface area contributed by atoms with E-state index in [1.165, 1.54) is 17.3 Å². The van der Waals surface area contributed by atoms with Crippen molar-refractivity contribution in [3.05, 3.63) is 51.7 Å². The number of hydrogen-bond donors (Lipinski definition) is 4. The molecule has 19 heavy (non-hydrogen) atoms. The minimum atomic E-state index is -0.389. The minimum absolute atomic E-state index is 0.223. The third kappa shape index (κ3) is 2.43. The molecule has 0 unspecified atom stereocenters. The van der Waals surface area contributed by atoms with Gasteiger partial charge in [0.25, 0.3) is 5.91 Å². The van der Waals surface area contributed by atoms with Gasteiger partial charge in [0.05, 0.1) is 0 Å². The summed E-state index contributed by atoms with van der Waals surface area (Å²) in [4.78, 5) is 27.6. The molecule has 98 valence electrons. The Morgan fingerprint density at radius 2 is 2.16 bits per heavy atom. The van der Waals surface area contributed by atoms with Crippen LogP contribution in [0.1, 0.15) is 21.6 Å². The molecule has 0 aliphatic carbocycles. The maximum absolute atomic E-state index is 11.9. The number of rotatable bonds is 2. The first-order valence-corrected chi connectivity index (χ1v) is 6.14. The van der Waals surface area contributed by atoms with Crippen LogP contribution in [0, 0.1) is 0 Å². The Balaban J connectivity index is 1.80. The number of amides is 1. The van der Waals surface area contributed by atoms with Crippen molar-refractivity contribution in [2.75, 3.05) is 11.9 Å². The Morgan fingerprint density at radius 1 is 1.26 bits per heavy atom. The fourth-order valence-electron chi connectivity index (χ4n) is 2.21. The number of carbonyl (C=O) groups excluding carboxylic acids is 1. The summed E-state index contributed by atoms with van der Waals surface area (Å²) < 4.78 is 0. The number of imidazole rings is 1.